The van der Waals surface area contributed by atoms with E-state index >= 15 is 0 Å². The highest BCUT2D eigenvalue weighted by Gasteiger charge is 2.38. The molecule has 2 atom stereocenters. The van der Waals surface area contributed by atoms with Gasteiger partial charge in [-0.1, -0.05) is 45.0 Å². The van der Waals surface area contributed by atoms with Gasteiger partial charge in [-0.25, -0.2) is 0 Å². The van der Waals surface area contributed by atoms with Gasteiger partial charge in [-0.3, -0.25) is 0 Å². The molecule has 0 saturated carbocycles. The molecule has 1 N–H and O–H groups in total. The summed E-state index contributed by atoms with van der Waals surface area (Å²) in [5.74, 6) is 0.588. The molecule has 0 radical (unpaired) electrons. The van der Waals surface area contributed by atoms with Crippen LogP contribution in [0.5, 0.6) is 0 Å². The van der Waals surface area contributed by atoms with Gasteiger partial charge in [0.1, 0.15) is 0 Å². The standard InChI is InChI=1S/C17H27NO/c1-5-18-16(17(4)11-6-12-19-17)15-9-7-14(8-10-15)13(2)3/h7-10,13,16,18H,5-6,11-12H2,1-4H3. The molecule has 19 heavy (non-hydrogen) atoms. The maximum Gasteiger partial charge on any atom is 0.0849 e. The average Bonchev–Trinajstić information content (AvgIpc) is 2.84. The summed E-state index contributed by atoms with van der Waals surface area (Å²) in [4.78, 5) is 0. The van der Waals surface area contributed by atoms with Crippen LogP contribution in [0.4, 0.5) is 0 Å². The maximum absolute atomic E-state index is 6.02. The minimum absolute atomic E-state index is 0.0602. The molecule has 106 valence electrons. The van der Waals surface area contributed by atoms with Gasteiger partial charge in [0, 0.05) is 6.61 Å². The summed E-state index contributed by atoms with van der Waals surface area (Å²) in [6, 6.07) is 9.32. The highest BCUT2D eigenvalue weighted by atomic mass is 16.5. The Morgan fingerprint density at radius 1 is 1.21 bits per heavy atom. The SMILES string of the molecule is CCNC(c1ccc(C(C)C)cc1)C1(C)CCCO1. The Morgan fingerprint density at radius 3 is 2.32 bits per heavy atom. The third-order valence-electron chi connectivity index (χ3n) is 4.20. The second-order valence-corrected chi connectivity index (χ2v) is 6.08. The summed E-state index contributed by atoms with van der Waals surface area (Å²) in [6.45, 7) is 10.7. The summed E-state index contributed by atoms with van der Waals surface area (Å²) in [7, 11) is 0. The van der Waals surface area contributed by atoms with Crippen molar-refractivity contribution in [2.45, 2.75) is 58.1 Å². The van der Waals surface area contributed by atoms with Crippen LogP contribution in [-0.4, -0.2) is 18.8 Å². The lowest BCUT2D eigenvalue weighted by atomic mass is 9.86. The summed E-state index contributed by atoms with van der Waals surface area (Å²) < 4.78 is 6.02. The van der Waals surface area contributed by atoms with Crippen LogP contribution in [0.25, 0.3) is 0 Å². The van der Waals surface area contributed by atoms with E-state index in [0.29, 0.717) is 12.0 Å². The first kappa shape index (κ1) is 14.5. The summed E-state index contributed by atoms with van der Waals surface area (Å²) in [5.41, 5.74) is 2.68. The highest BCUT2D eigenvalue weighted by Crippen LogP contribution is 2.37. The molecule has 1 fully saturated rings. The van der Waals surface area contributed by atoms with Crippen LogP contribution in [0, 0.1) is 0 Å². The number of hydrogen-bond donors (Lipinski definition) is 1. The Labute approximate surface area is 117 Å². The van der Waals surface area contributed by atoms with Gasteiger partial charge in [-0.2, -0.15) is 0 Å². The second kappa shape index (κ2) is 6.06. The van der Waals surface area contributed by atoms with Crippen LogP contribution in [-0.2, 0) is 4.74 Å². The van der Waals surface area contributed by atoms with Crippen molar-refractivity contribution in [3.05, 3.63) is 35.4 Å². The van der Waals surface area contributed by atoms with Crippen LogP contribution in [0.15, 0.2) is 24.3 Å². The van der Waals surface area contributed by atoms with E-state index in [4.69, 9.17) is 4.74 Å². The molecule has 2 unspecified atom stereocenters. The molecule has 1 heterocycles. The van der Waals surface area contributed by atoms with Crippen LogP contribution in [0.1, 0.15) is 63.6 Å². The van der Waals surface area contributed by atoms with Crippen molar-refractivity contribution in [1.29, 1.82) is 0 Å². The zero-order chi connectivity index (χ0) is 13.9. The van der Waals surface area contributed by atoms with E-state index in [9.17, 15) is 0 Å². The molecule has 1 saturated heterocycles. The van der Waals surface area contributed by atoms with Gasteiger partial charge in [0.15, 0.2) is 0 Å². The van der Waals surface area contributed by atoms with Crippen molar-refractivity contribution >= 4 is 0 Å². The molecule has 0 bridgehead atoms. The Hall–Kier alpha value is -0.860. The van der Waals surface area contributed by atoms with Crippen LogP contribution >= 0.6 is 0 Å². The van der Waals surface area contributed by atoms with E-state index in [2.05, 4.69) is 57.3 Å². The Bertz CT molecular complexity index is 390. The van der Waals surface area contributed by atoms with Crippen molar-refractivity contribution < 1.29 is 4.74 Å². The first-order chi connectivity index (χ1) is 9.07. The van der Waals surface area contributed by atoms with Crippen LogP contribution in [0.2, 0.25) is 0 Å². The van der Waals surface area contributed by atoms with Gasteiger partial charge < -0.3 is 10.1 Å². The monoisotopic (exact) mass is 261 g/mol. The van der Waals surface area contributed by atoms with E-state index in [1.807, 2.05) is 0 Å². The van der Waals surface area contributed by atoms with Gasteiger partial charge in [-0.05, 0) is 43.4 Å². The molecule has 1 aromatic carbocycles. The van der Waals surface area contributed by atoms with Crippen LogP contribution < -0.4 is 5.32 Å². The van der Waals surface area contributed by atoms with E-state index < -0.39 is 0 Å². The molecule has 2 heteroatoms. The number of likely N-dealkylation sites (N-methyl/N-ethyl adjacent to an activating group) is 1. The average molecular weight is 261 g/mol. The third kappa shape index (κ3) is 3.18. The predicted molar refractivity (Wildman–Crippen MR) is 80.5 cm³/mol. The summed E-state index contributed by atoms with van der Waals surface area (Å²) in [5, 5.41) is 3.61. The minimum atomic E-state index is -0.0602. The number of nitrogens with one attached hydrogen (secondary N) is 1. The molecule has 0 amide bonds. The van der Waals surface area contributed by atoms with E-state index in [0.717, 1.165) is 19.6 Å². The van der Waals surface area contributed by atoms with Gasteiger partial charge in [0.05, 0.1) is 11.6 Å². The first-order valence-electron chi connectivity index (χ1n) is 7.54. The maximum atomic E-state index is 6.02. The van der Waals surface area contributed by atoms with Gasteiger partial charge in [0.2, 0.25) is 0 Å². The van der Waals surface area contributed by atoms with Crippen molar-refractivity contribution in [3.8, 4) is 0 Å². The predicted octanol–water partition coefficient (Wildman–Crippen LogP) is 4.03. The van der Waals surface area contributed by atoms with Gasteiger partial charge in [-0.15, -0.1) is 0 Å². The van der Waals surface area contributed by atoms with Gasteiger partial charge >= 0.3 is 0 Å². The molecule has 1 aliphatic rings. The number of rotatable bonds is 5. The molecule has 1 aromatic rings. The smallest absolute Gasteiger partial charge is 0.0849 e. The summed E-state index contributed by atoms with van der Waals surface area (Å²) in [6.07, 6.45) is 2.30. The Morgan fingerprint density at radius 2 is 1.84 bits per heavy atom. The van der Waals surface area contributed by atoms with E-state index in [-0.39, 0.29) is 5.60 Å². The molecular formula is C17H27NO. The lowest BCUT2D eigenvalue weighted by Gasteiger charge is -2.34. The van der Waals surface area contributed by atoms with Crippen LogP contribution in [0.3, 0.4) is 0 Å². The van der Waals surface area contributed by atoms with E-state index in [1.165, 1.54) is 17.5 Å². The van der Waals surface area contributed by atoms with Crippen molar-refractivity contribution in [2.75, 3.05) is 13.2 Å². The molecule has 2 rings (SSSR count). The van der Waals surface area contributed by atoms with Crippen molar-refractivity contribution in [3.63, 3.8) is 0 Å². The number of hydrogen-bond acceptors (Lipinski definition) is 2. The normalized spacial score (nSPS) is 24.9. The largest absolute Gasteiger partial charge is 0.373 e. The fraction of sp³-hybridized carbons (Fsp3) is 0.647. The topological polar surface area (TPSA) is 21.3 Å². The zero-order valence-corrected chi connectivity index (χ0v) is 12.7. The van der Waals surface area contributed by atoms with Crippen molar-refractivity contribution in [2.24, 2.45) is 0 Å². The zero-order valence-electron chi connectivity index (χ0n) is 12.7. The number of benzene rings is 1. The van der Waals surface area contributed by atoms with E-state index in [1.54, 1.807) is 0 Å². The highest BCUT2D eigenvalue weighted by molar-refractivity contribution is 5.28. The Kier molecular flexibility index (Phi) is 4.64. The first-order valence-corrected chi connectivity index (χ1v) is 7.54. The quantitative estimate of drug-likeness (QED) is 0.864. The fourth-order valence-corrected chi connectivity index (χ4v) is 2.99. The molecular weight excluding hydrogens is 234 g/mol. The van der Waals surface area contributed by atoms with Crippen molar-refractivity contribution in [1.82, 2.24) is 5.32 Å². The number of ether oxygens (including phenoxy) is 1. The lowest BCUT2D eigenvalue weighted by molar-refractivity contribution is -0.0121. The third-order valence-corrected chi connectivity index (χ3v) is 4.20. The lowest BCUT2D eigenvalue weighted by Crippen LogP contribution is -2.41. The molecule has 0 aliphatic carbocycles. The molecule has 0 spiro atoms. The Balaban J connectivity index is 2.23. The molecule has 0 aromatic heterocycles. The fourth-order valence-electron chi connectivity index (χ4n) is 2.99. The minimum Gasteiger partial charge on any atom is -0.373 e. The second-order valence-electron chi connectivity index (χ2n) is 6.08. The van der Waals surface area contributed by atoms with Gasteiger partial charge in [0.25, 0.3) is 0 Å². The molecule has 2 nitrogen and oxygen atoms in total. The summed E-state index contributed by atoms with van der Waals surface area (Å²) >= 11 is 0. The molecule has 1 aliphatic heterocycles.